The van der Waals surface area contributed by atoms with Crippen LogP contribution in [0.2, 0.25) is 0 Å². The van der Waals surface area contributed by atoms with Crippen LogP contribution < -0.4 is 9.80 Å². The first kappa shape index (κ1) is 24.0. The third kappa shape index (κ3) is 4.98. The molecule has 9 aromatic carbocycles. The number of nitrogens with zero attached hydrogens (tertiary/aromatic N) is 2. The number of fused-ring (bicyclic) bond motifs is 10. The molecule has 0 spiro atoms. The smallest absolute Gasteiger partial charge is 0.0543 e. The van der Waals surface area contributed by atoms with E-state index in [-0.39, 0.29) is 44.5 Å². The zero-order valence-electron chi connectivity index (χ0n) is 43.4. The van der Waals surface area contributed by atoms with Crippen molar-refractivity contribution in [3.63, 3.8) is 0 Å². The predicted molar refractivity (Wildman–Crippen MR) is 246 cm³/mol. The Labute approximate surface area is 358 Å². The van der Waals surface area contributed by atoms with E-state index in [1.165, 1.54) is 12.1 Å². The fourth-order valence-corrected chi connectivity index (χ4v) is 9.34. The second-order valence-electron chi connectivity index (χ2n) is 15.2. The van der Waals surface area contributed by atoms with Gasteiger partial charge in [-0.25, -0.2) is 0 Å². The van der Waals surface area contributed by atoms with Gasteiger partial charge in [0.05, 0.1) is 11.4 Å². The summed E-state index contributed by atoms with van der Waals surface area (Å²) in [7, 11) is 0. The van der Waals surface area contributed by atoms with Crippen LogP contribution in [0.15, 0.2) is 194 Å². The number of hydrogen-bond donors (Lipinski definition) is 0. The van der Waals surface area contributed by atoms with E-state index in [4.69, 9.17) is 0 Å². The summed E-state index contributed by atoms with van der Waals surface area (Å²) >= 11 is 0. The van der Waals surface area contributed by atoms with Crippen LogP contribution in [0.5, 0.6) is 0 Å². The molecule has 0 aromatic heterocycles. The summed E-state index contributed by atoms with van der Waals surface area (Å²) in [5.41, 5.74) is -0.593. The minimum atomic E-state index is -3.24. The van der Waals surface area contributed by atoms with Gasteiger partial charge in [0, 0.05) is 60.8 Å². The highest BCUT2D eigenvalue weighted by atomic mass is 15.1. The average molecular weight is 757 g/mol. The van der Waals surface area contributed by atoms with Gasteiger partial charge >= 0.3 is 0 Å². The van der Waals surface area contributed by atoms with Gasteiger partial charge in [-0.3, -0.25) is 0 Å². The van der Waals surface area contributed by atoms with E-state index < -0.39 is 38.2 Å². The molecule has 0 fully saturated rings. The summed E-state index contributed by atoms with van der Waals surface area (Å²) in [6, 6.07) is 59.1. The molecule has 2 aliphatic rings. The summed E-state index contributed by atoms with van der Waals surface area (Å²) in [6.07, 6.45) is 0. The molecule has 58 heavy (non-hydrogen) atoms. The molecule has 0 atom stereocenters. The van der Waals surface area contributed by atoms with Gasteiger partial charge in [0.2, 0.25) is 0 Å². The van der Waals surface area contributed by atoms with Crippen LogP contribution in [0.1, 0.15) is 66.1 Å². The van der Waals surface area contributed by atoms with Crippen LogP contribution >= 0.6 is 0 Å². The van der Waals surface area contributed by atoms with Crippen molar-refractivity contribution < 1.29 is 16.4 Å². The summed E-state index contributed by atoms with van der Waals surface area (Å²) in [4.78, 5) is 3.94. The molecule has 11 rings (SSSR count). The van der Waals surface area contributed by atoms with E-state index in [1.54, 1.807) is 24.3 Å². The maximum absolute atomic E-state index is 9.47. The molecule has 0 unspecified atom stereocenters. The van der Waals surface area contributed by atoms with Gasteiger partial charge in [0.1, 0.15) is 0 Å². The second kappa shape index (κ2) is 12.8. The van der Waals surface area contributed by atoms with E-state index in [0.29, 0.717) is 32.9 Å². The van der Waals surface area contributed by atoms with Gasteiger partial charge in [-0.2, -0.15) is 0 Å². The summed E-state index contributed by atoms with van der Waals surface area (Å²) in [5, 5.41) is 2.35. The molecule has 0 saturated heterocycles. The molecule has 0 N–H and O–H groups in total. The van der Waals surface area contributed by atoms with Crippen molar-refractivity contribution in [3.05, 3.63) is 216 Å². The first-order valence-corrected chi connectivity index (χ1v) is 19.4. The minimum absolute atomic E-state index is 0.00639. The normalized spacial score (nSPS) is 18.1. The van der Waals surface area contributed by atoms with Gasteiger partial charge in [-0.1, -0.05) is 149 Å². The molecule has 0 bridgehead atoms. The van der Waals surface area contributed by atoms with Crippen LogP contribution in [0.3, 0.4) is 0 Å². The van der Waals surface area contributed by atoms with E-state index >= 15 is 0 Å². The van der Waals surface area contributed by atoms with Crippen molar-refractivity contribution in [2.24, 2.45) is 0 Å². The van der Waals surface area contributed by atoms with Crippen molar-refractivity contribution in [3.8, 4) is 22.3 Å². The Bertz CT molecular complexity index is 3150. The Morgan fingerprint density at radius 3 is 0.931 bits per heavy atom. The van der Waals surface area contributed by atoms with Crippen LogP contribution in [0, 0.1) is 0 Å². The van der Waals surface area contributed by atoms with Gasteiger partial charge in [0.25, 0.3) is 0 Å². The van der Waals surface area contributed by atoms with Crippen molar-refractivity contribution in [2.75, 3.05) is 9.80 Å². The SMILES string of the molecule is [2H]C([2H])([2H])C1(C([2H])([2H])[2H])c2cc3c(cc2-c2c1cc(N(c1ccccc1)c1ccccc1)c1ccccc21)C(C([2H])([2H])[2H])(C([2H])([2H])[2H])c1cc(N(c2ccccc2)c2ccccc2)c2ccccc2c1-3. The fraction of sp³-hybridized carbons (Fsp3) is 0.107. The van der Waals surface area contributed by atoms with E-state index in [9.17, 15) is 16.4 Å². The summed E-state index contributed by atoms with van der Waals surface area (Å²) < 4.78 is 114. The van der Waals surface area contributed by atoms with Crippen LogP contribution in [-0.4, -0.2) is 0 Å². The second-order valence-corrected chi connectivity index (χ2v) is 15.2. The van der Waals surface area contributed by atoms with Crippen LogP contribution in [0.25, 0.3) is 43.8 Å². The monoisotopic (exact) mass is 756 g/mol. The Morgan fingerprint density at radius 2 is 0.621 bits per heavy atom. The molecular formula is C56H44N2. The predicted octanol–water partition coefficient (Wildman–Crippen LogP) is 15.5. The van der Waals surface area contributed by atoms with Crippen LogP contribution in [0.4, 0.5) is 34.1 Å². The lowest BCUT2D eigenvalue weighted by atomic mass is 9.79. The third-order valence-corrected chi connectivity index (χ3v) is 11.9. The highest BCUT2D eigenvalue weighted by Crippen LogP contribution is 2.60. The number of hydrogen-bond acceptors (Lipinski definition) is 2. The molecule has 278 valence electrons. The third-order valence-electron chi connectivity index (χ3n) is 11.9. The molecule has 0 aliphatic heterocycles. The number of anilines is 6. The molecule has 0 amide bonds. The topological polar surface area (TPSA) is 6.48 Å². The molecular weight excluding hydrogens is 701 g/mol. The lowest BCUT2D eigenvalue weighted by molar-refractivity contribution is 0.652. The van der Waals surface area contributed by atoms with Gasteiger partial charge in [0.15, 0.2) is 0 Å². The van der Waals surface area contributed by atoms with Crippen molar-refractivity contribution in [2.45, 2.75) is 38.2 Å². The summed E-state index contributed by atoms with van der Waals surface area (Å²) in [6.45, 7) is -12.9. The van der Waals surface area contributed by atoms with Gasteiger partial charge < -0.3 is 9.80 Å². The first-order chi connectivity index (χ1) is 33.3. The molecule has 2 aliphatic carbocycles. The first-order valence-electron chi connectivity index (χ1n) is 25.4. The lowest BCUT2D eigenvalue weighted by Gasteiger charge is -2.30. The Hall–Kier alpha value is -6.90. The van der Waals surface area contributed by atoms with Crippen molar-refractivity contribution in [1.82, 2.24) is 0 Å². The standard InChI is InChI=1S/C56H44N2/c1-55(2)47-33-46-48(34-45(47)53-43-31-19-17-29-41(43)51(35-49(53)55)57(37-21-9-5-10-22-37)38-23-11-6-12-24-38)56(3,4)50-36-52(42-30-18-20-32-44(42)54(46)50)58(39-25-13-7-14-26-39)40-27-15-8-16-28-40/h5-36H,1-4H3/i1D3,2D3,3D3,4D3. The van der Waals surface area contributed by atoms with Gasteiger partial charge in [-0.15, -0.1) is 0 Å². The maximum atomic E-state index is 9.47. The maximum Gasteiger partial charge on any atom is 0.0543 e. The fourth-order valence-electron chi connectivity index (χ4n) is 9.34. The van der Waals surface area contributed by atoms with Crippen molar-refractivity contribution >= 4 is 55.7 Å². The average Bonchev–Trinajstić information content (AvgIpc) is 3.81. The molecule has 0 heterocycles. The lowest BCUT2D eigenvalue weighted by Crippen LogP contribution is -2.18. The largest absolute Gasteiger partial charge is 0.310 e. The molecule has 2 heteroatoms. The zero-order chi connectivity index (χ0) is 49.2. The van der Waals surface area contributed by atoms with Crippen molar-refractivity contribution in [1.29, 1.82) is 0 Å². The Balaban J connectivity index is 1.30. The van der Waals surface area contributed by atoms with Crippen LogP contribution in [-0.2, 0) is 10.8 Å². The van der Waals surface area contributed by atoms with E-state index in [2.05, 4.69) is 0 Å². The molecule has 0 saturated carbocycles. The highest BCUT2D eigenvalue weighted by Gasteiger charge is 2.44. The van der Waals surface area contributed by atoms with E-state index in [1.807, 2.05) is 168 Å². The zero-order valence-corrected chi connectivity index (χ0v) is 31.4. The molecule has 9 aromatic rings. The number of para-hydroxylation sites is 4. The van der Waals surface area contributed by atoms with E-state index in [0.717, 1.165) is 22.7 Å². The molecule has 2 nitrogen and oxygen atoms in total. The Kier molecular flexibility index (Phi) is 5.30. The number of benzene rings is 9. The van der Waals surface area contributed by atoms with Gasteiger partial charge in [-0.05, 0) is 128 Å². The summed E-state index contributed by atoms with van der Waals surface area (Å²) in [5.74, 6) is 0. The minimum Gasteiger partial charge on any atom is -0.310 e. The molecule has 0 radical (unpaired) electrons. The quantitative estimate of drug-likeness (QED) is 0.167. The number of rotatable bonds is 6. The highest BCUT2D eigenvalue weighted by molar-refractivity contribution is 6.13. The Morgan fingerprint density at radius 1 is 0.328 bits per heavy atom.